The number of amides is 1. The summed E-state index contributed by atoms with van der Waals surface area (Å²) in [5.41, 5.74) is 2.12. The number of hydrogen-bond donors (Lipinski definition) is 2. The summed E-state index contributed by atoms with van der Waals surface area (Å²) in [6.45, 7) is 1.74. The summed E-state index contributed by atoms with van der Waals surface area (Å²) >= 11 is 0. The minimum atomic E-state index is -4.00. The van der Waals surface area contributed by atoms with Gasteiger partial charge in [-0.3, -0.25) is 23.6 Å². The lowest BCUT2D eigenvalue weighted by Crippen LogP contribution is -2.33. The molecule has 0 radical (unpaired) electrons. The smallest absolute Gasteiger partial charge is 0.302 e. The summed E-state index contributed by atoms with van der Waals surface area (Å²) in [4.78, 5) is 32.5. The topological polar surface area (TPSA) is 149 Å². The van der Waals surface area contributed by atoms with E-state index in [4.69, 9.17) is 0 Å². The number of fused-ring (bicyclic) bond motifs is 2. The van der Waals surface area contributed by atoms with Crippen molar-refractivity contribution < 1.29 is 13.2 Å². The quantitative estimate of drug-likeness (QED) is 0.256. The number of aryl methyl sites for hydroxylation is 1. The molecule has 4 aromatic heterocycles. The van der Waals surface area contributed by atoms with Crippen LogP contribution in [0, 0.1) is 11.8 Å². The molecule has 14 heteroatoms. The molecule has 0 aliphatic carbocycles. The first kappa shape index (κ1) is 30.3. The summed E-state index contributed by atoms with van der Waals surface area (Å²) in [5, 5.41) is 12.4. The first-order valence-corrected chi connectivity index (χ1v) is 15.6. The number of anilines is 1. The Morgan fingerprint density at radius 2 is 1.83 bits per heavy atom. The van der Waals surface area contributed by atoms with Gasteiger partial charge >= 0.3 is 10.2 Å². The average molecular weight is 636 g/mol. The van der Waals surface area contributed by atoms with Crippen LogP contribution in [-0.4, -0.2) is 61.7 Å². The van der Waals surface area contributed by atoms with Crippen molar-refractivity contribution in [2.75, 3.05) is 18.8 Å². The van der Waals surface area contributed by atoms with Crippen LogP contribution in [0.15, 0.2) is 90.2 Å². The summed E-state index contributed by atoms with van der Waals surface area (Å²) in [6.07, 6.45) is 6.48. The van der Waals surface area contributed by atoms with E-state index in [1.807, 2.05) is 36.4 Å². The number of nitrogens with zero attached hydrogens (tertiary/aromatic N) is 7. The van der Waals surface area contributed by atoms with Crippen molar-refractivity contribution in [3.05, 3.63) is 118 Å². The SMILES string of the molecule is C[C@H](NC(=O)c1c(NS(=O)(=O)N(C)C)nn2cccnc12)c1cc2cccc(C#Cc3cnn(C)c3)c2c(=O)n1-c1ccccc1. The second-order valence-electron chi connectivity index (χ2n) is 10.7. The van der Waals surface area contributed by atoms with Crippen LogP contribution in [0.25, 0.3) is 22.1 Å². The highest BCUT2D eigenvalue weighted by atomic mass is 32.2. The lowest BCUT2D eigenvalue weighted by Gasteiger charge is -2.21. The molecule has 232 valence electrons. The molecular formula is C32H29N9O4S. The van der Waals surface area contributed by atoms with Gasteiger partial charge in [0.15, 0.2) is 11.5 Å². The zero-order chi connectivity index (χ0) is 32.6. The molecule has 0 aliphatic rings. The third kappa shape index (κ3) is 5.72. The maximum absolute atomic E-state index is 14.3. The van der Waals surface area contributed by atoms with Crippen LogP contribution in [0.4, 0.5) is 5.82 Å². The van der Waals surface area contributed by atoms with Crippen molar-refractivity contribution >= 4 is 38.4 Å². The van der Waals surface area contributed by atoms with Crippen molar-refractivity contribution in [3.8, 4) is 17.5 Å². The van der Waals surface area contributed by atoms with E-state index < -0.39 is 22.2 Å². The molecule has 6 aromatic rings. The van der Waals surface area contributed by atoms with Gasteiger partial charge < -0.3 is 5.32 Å². The molecule has 2 aromatic carbocycles. The van der Waals surface area contributed by atoms with Gasteiger partial charge in [-0.1, -0.05) is 42.2 Å². The second-order valence-corrected chi connectivity index (χ2v) is 12.5. The Hall–Kier alpha value is -5.78. The van der Waals surface area contributed by atoms with Crippen LogP contribution < -0.4 is 15.6 Å². The van der Waals surface area contributed by atoms with Crippen LogP contribution in [0.3, 0.4) is 0 Å². The van der Waals surface area contributed by atoms with Crippen molar-refractivity contribution in [2.24, 2.45) is 7.05 Å². The van der Waals surface area contributed by atoms with Gasteiger partial charge in [-0.15, -0.1) is 5.10 Å². The van der Waals surface area contributed by atoms with Gasteiger partial charge in [0.05, 0.1) is 23.2 Å². The van der Waals surface area contributed by atoms with E-state index in [0.29, 0.717) is 33.3 Å². The fraction of sp³-hybridized carbons (Fsp3) is 0.156. The molecule has 0 bridgehead atoms. The maximum Gasteiger partial charge on any atom is 0.302 e. The van der Waals surface area contributed by atoms with E-state index in [1.54, 1.807) is 66.1 Å². The Labute approximate surface area is 264 Å². The van der Waals surface area contributed by atoms with Crippen molar-refractivity contribution in [3.63, 3.8) is 0 Å². The molecule has 0 saturated heterocycles. The Bertz CT molecular complexity index is 2350. The summed E-state index contributed by atoms with van der Waals surface area (Å²) in [7, 11) is 0.524. The lowest BCUT2D eigenvalue weighted by atomic mass is 10.0. The van der Waals surface area contributed by atoms with Crippen molar-refractivity contribution in [2.45, 2.75) is 13.0 Å². The Morgan fingerprint density at radius 3 is 2.54 bits per heavy atom. The Morgan fingerprint density at radius 1 is 1.04 bits per heavy atom. The standard InChI is InChI=1S/C32H29N9O4S/c1-21(35-31(42)28-29(37-46(44,45)38(2)3)36-40-17-9-16-33-30(28)40)26-18-24-11-8-10-23(15-14-22-19-34-39(4)20-22)27(24)32(43)41(26)25-12-6-5-7-13-25/h5-13,16-21H,1-4H3,(H,35,42)(H,36,37)/t21-/m0/s1. The molecule has 0 spiro atoms. The van der Waals surface area contributed by atoms with Crippen molar-refractivity contribution in [1.29, 1.82) is 0 Å². The molecule has 46 heavy (non-hydrogen) atoms. The Kier molecular flexibility index (Phi) is 7.86. The highest BCUT2D eigenvalue weighted by molar-refractivity contribution is 7.90. The highest BCUT2D eigenvalue weighted by Crippen LogP contribution is 2.25. The fourth-order valence-corrected chi connectivity index (χ4v) is 5.57. The van der Waals surface area contributed by atoms with Gasteiger partial charge in [0.25, 0.3) is 11.5 Å². The summed E-state index contributed by atoms with van der Waals surface area (Å²) < 4.78 is 33.2. The molecule has 1 atom stereocenters. The molecule has 0 saturated carbocycles. The third-order valence-corrected chi connectivity index (χ3v) is 8.67. The maximum atomic E-state index is 14.3. The minimum absolute atomic E-state index is 0.0692. The van der Waals surface area contributed by atoms with Crippen molar-refractivity contribution in [1.82, 2.24) is 38.6 Å². The Balaban J connectivity index is 1.46. The normalized spacial score (nSPS) is 12.2. The molecule has 0 aliphatic heterocycles. The van der Waals surface area contributed by atoms with E-state index in [2.05, 4.69) is 37.1 Å². The number of benzene rings is 2. The van der Waals surface area contributed by atoms with E-state index >= 15 is 0 Å². The highest BCUT2D eigenvalue weighted by Gasteiger charge is 2.27. The number of aromatic nitrogens is 6. The lowest BCUT2D eigenvalue weighted by molar-refractivity contribution is 0.0941. The van der Waals surface area contributed by atoms with Crippen LogP contribution in [-0.2, 0) is 17.3 Å². The van der Waals surface area contributed by atoms with Gasteiger partial charge in [0.2, 0.25) is 0 Å². The molecule has 1 amide bonds. The summed E-state index contributed by atoms with van der Waals surface area (Å²) in [5.74, 6) is 5.38. The largest absolute Gasteiger partial charge is 0.344 e. The fourth-order valence-electron chi connectivity index (χ4n) is 5.00. The number of hydrogen-bond acceptors (Lipinski definition) is 7. The zero-order valence-corrected chi connectivity index (χ0v) is 26.1. The molecule has 4 heterocycles. The molecule has 13 nitrogen and oxygen atoms in total. The van der Waals surface area contributed by atoms with E-state index in [-0.39, 0.29) is 22.6 Å². The van der Waals surface area contributed by atoms with Crippen LogP contribution in [0.1, 0.15) is 40.1 Å². The monoisotopic (exact) mass is 635 g/mol. The minimum Gasteiger partial charge on any atom is -0.344 e. The van der Waals surface area contributed by atoms with Gasteiger partial charge in [0, 0.05) is 56.7 Å². The third-order valence-electron chi connectivity index (χ3n) is 7.26. The van der Waals surface area contributed by atoms with Gasteiger partial charge in [0.1, 0.15) is 5.56 Å². The molecule has 2 N–H and O–H groups in total. The van der Waals surface area contributed by atoms with Gasteiger partial charge in [-0.05, 0) is 42.6 Å². The summed E-state index contributed by atoms with van der Waals surface area (Å²) in [6, 6.07) is 17.3. The van der Waals surface area contributed by atoms with E-state index in [0.717, 1.165) is 4.31 Å². The number of para-hydroxylation sites is 1. The first-order chi connectivity index (χ1) is 22.0. The predicted octanol–water partition coefficient (Wildman–Crippen LogP) is 2.88. The van der Waals surface area contributed by atoms with Crippen LogP contribution >= 0.6 is 0 Å². The van der Waals surface area contributed by atoms with Crippen LogP contribution in [0.5, 0.6) is 0 Å². The average Bonchev–Trinajstić information content (AvgIpc) is 3.62. The molecular weight excluding hydrogens is 606 g/mol. The second kappa shape index (κ2) is 12.0. The van der Waals surface area contributed by atoms with Gasteiger partial charge in [-0.25, -0.2) is 9.50 Å². The van der Waals surface area contributed by atoms with E-state index in [1.165, 1.54) is 24.8 Å². The number of rotatable bonds is 7. The predicted molar refractivity (Wildman–Crippen MR) is 174 cm³/mol. The number of carbonyl (C=O) groups excluding carboxylic acids is 1. The number of carbonyl (C=O) groups is 1. The van der Waals surface area contributed by atoms with Crippen LogP contribution in [0.2, 0.25) is 0 Å². The molecule has 0 unspecified atom stereocenters. The number of pyridine rings is 1. The first-order valence-electron chi connectivity index (χ1n) is 14.1. The van der Waals surface area contributed by atoms with Gasteiger partial charge in [-0.2, -0.15) is 17.8 Å². The number of nitrogens with one attached hydrogen (secondary N) is 2. The zero-order valence-electron chi connectivity index (χ0n) is 25.3. The molecule has 0 fully saturated rings. The molecule has 6 rings (SSSR count). The van der Waals surface area contributed by atoms with E-state index in [9.17, 15) is 18.0 Å².